The Morgan fingerprint density at radius 3 is 2.26 bits per heavy atom. The number of thioether (sulfide) groups is 1. The Hall–Kier alpha value is -5.22. The number of nitro groups is 1. The van der Waals surface area contributed by atoms with E-state index in [1.165, 1.54) is 23.9 Å². The summed E-state index contributed by atoms with van der Waals surface area (Å²) in [6.45, 7) is 5.44. The first-order valence-corrected chi connectivity index (χ1v) is 14.3. The summed E-state index contributed by atoms with van der Waals surface area (Å²) in [7, 11) is 0. The van der Waals surface area contributed by atoms with Gasteiger partial charge in [-0.1, -0.05) is 54.1 Å². The molecule has 0 bridgehead atoms. The van der Waals surface area contributed by atoms with Crippen LogP contribution in [0.15, 0.2) is 108 Å². The lowest BCUT2D eigenvalue weighted by Gasteiger charge is -2.14. The topological polar surface area (TPSA) is 130 Å². The maximum absolute atomic E-state index is 13.3. The van der Waals surface area contributed by atoms with Crippen molar-refractivity contribution in [2.45, 2.75) is 30.9 Å². The molecule has 0 saturated carbocycles. The predicted octanol–water partition coefficient (Wildman–Crippen LogP) is 6.74. The van der Waals surface area contributed by atoms with Crippen LogP contribution in [0.4, 0.5) is 17.1 Å². The zero-order valence-corrected chi connectivity index (χ0v) is 24.6. The van der Waals surface area contributed by atoms with Crippen LogP contribution in [-0.2, 0) is 9.59 Å². The lowest BCUT2D eigenvalue weighted by molar-refractivity contribution is -0.384. The van der Waals surface area contributed by atoms with Crippen molar-refractivity contribution < 1.29 is 19.3 Å². The third-order valence-electron chi connectivity index (χ3n) is 6.37. The quantitative estimate of drug-likeness (QED) is 0.0807. The van der Waals surface area contributed by atoms with Gasteiger partial charge in [-0.2, -0.15) is 0 Å². The van der Waals surface area contributed by atoms with Gasteiger partial charge in [0, 0.05) is 28.3 Å². The number of hydrogen-bond donors (Lipinski definition) is 3. The van der Waals surface area contributed by atoms with Crippen molar-refractivity contribution in [1.82, 2.24) is 5.32 Å². The summed E-state index contributed by atoms with van der Waals surface area (Å²) >= 11 is 1.30. The Morgan fingerprint density at radius 2 is 1.58 bits per heavy atom. The maximum atomic E-state index is 13.3. The number of benzene rings is 4. The second kappa shape index (κ2) is 14.1. The number of nitrogens with zero attached hydrogens (tertiary/aromatic N) is 1. The Morgan fingerprint density at radius 1 is 0.860 bits per heavy atom. The van der Waals surface area contributed by atoms with Crippen LogP contribution in [0.3, 0.4) is 0 Å². The standard InChI is InChI=1S/C33H30N4O5S/c1-21-8-7-9-24(18-21)19-30(36-32(39)25-10-5-4-6-11-25)33(40)34-26-13-16-28(17-14-26)43-23(3)31(38)35-29-20-27(37(41)42)15-12-22(29)2/h4-20,23H,1-3H3,(H,34,40)(H,35,38)(H,36,39)/b30-19-. The van der Waals surface area contributed by atoms with Crippen molar-refractivity contribution >= 4 is 52.6 Å². The van der Waals surface area contributed by atoms with E-state index in [0.717, 1.165) is 16.0 Å². The second-order valence-electron chi connectivity index (χ2n) is 9.78. The van der Waals surface area contributed by atoms with Crippen LogP contribution in [0.1, 0.15) is 34.0 Å². The van der Waals surface area contributed by atoms with Crippen LogP contribution in [0.5, 0.6) is 0 Å². The number of rotatable bonds is 10. The lowest BCUT2D eigenvalue weighted by Crippen LogP contribution is -2.30. The second-order valence-corrected chi connectivity index (χ2v) is 11.2. The van der Waals surface area contributed by atoms with Gasteiger partial charge < -0.3 is 16.0 Å². The van der Waals surface area contributed by atoms with Crippen LogP contribution in [0.2, 0.25) is 0 Å². The molecule has 10 heteroatoms. The molecule has 4 aromatic rings. The van der Waals surface area contributed by atoms with Gasteiger partial charge >= 0.3 is 0 Å². The van der Waals surface area contributed by atoms with Crippen LogP contribution in [0, 0.1) is 24.0 Å². The van der Waals surface area contributed by atoms with Crippen molar-refractivity contribution in [3.8, 4) is 0 Å². The van der Waals surface area contributed by atoms with E-state index in [2.05, 4.69) is 16.0 Å². The number of aryl methyl sites for hydroxylation is 2. The van der Waals surface area contributed by atoms with Crippen LogP contribution in [-0.4, -0.2) is 27.9 Å². The summed E-state index contributed by atoms with van der Waals surface area (Å²) in [4.78, 5) is 50.3. The highest BCUT2D eigenvalue weighted by Gasteiger charge is 2.18. The number of amides is 3. The highest BCUT2D eigenvalue weighted by molar-refractivity contribution is 8.00. The Balaban J connectivity index is 1.43. The summed E-state index contributed by atoms with van der Waals surface area (Å²) in [5, 5.41) is 18.9. The first-order chi connectivity index (χ1) is 20.6. The molecule has 4 aromatic carbocycles. The monoisotopic (exact) mass is 594 g/mol. The van der Waals surface area contributed by atoms with Gasteiger partial charge in [-0.15, -0.1) is 11.8 Å². The Bertz CT molecular complexity index is 1690. The van der Waals surface area contributed by atoms with Gasteiger partial charge in [0.15, 0.2) is 0 Å². The number of nitrogens with one attached hydrogen (secondary N) is 3. The highest BCUT2D eigenvalue weighted by Crippen LogP contribution is 2.27. The first kappa shape index (κ1) is 30.7. The van der Waals surface area contributed by atoms with Crippen molar-refractivity contribution in [1.29, 1.82) is 0 Å². The van der Waals surface area contributed by atoms with Gasteiger partial charge in [-0.3, -0.25) is 24.5 Å². The number of carbonyl (C=O) groups is 3. The molecule has 218 valence electrons. The highest BCUT2D eigenvalue weighted by atomic mass is 32.2. The zero-order chi connectivity index (χ0) is 30.9. The SMILES string of the molecule is Cc1cccc(/C=C(\NC(=O)c2ccccc2)C(=O)Nc2ccc(SC(C)C(=O)Nc3cc([N+](=O)[O-])ccc3C)cc2)c1. The number of hydrogen-bond acceptors (Lipinski definition) is 6. The molecule has 0 aliphatic carbocycles. The summed E-state index contributed by atoms with van der Waals surface area (Å²) < 4.78 is 0. The minimum Gasteiger partial charge on any atom is -0.325 e. The first-order valence-electron chi connectivity index (χ1n) is 13.4. The fourth-order valence-corrected chi connectivity index (χ4v) is 4.90. The molecule has 0 spiro atoms. The van der Waals surface area contributed by atoms with Crippen LogP contribution < -0.4 is 16.0 Å². The molecule has 0 saturated heterocycles. The van der Waals surface area contributed by atoms with E-state index in [0.29, 0.717) is 22.5 Å². The normalized spacial score (nSPS) is 11.7. The van der Waals surface area contributed by atoms with Gasteiger partial charge in [0.2, 0.25) is 5.91 Å². The van der Waals surface area contributed by atoms with Crippen molar-refractivity contribution in [3.63, 3.8) is 0 Å². The van der Waals surface area contributed by atoms with E-state index in [9.17, 15) is 24.5 Å². The van der Waals surface area contributed by atoms with E-state index in [1.54, 1.807) is 80.6 Å². The molecule has 0 aliphatic heterocycles. The van der Waals surface area contributed by atoms with E-state index in [4.69, 9.17) is 0 Å². The maximum Gasteiger partial charge on any atom is 0.272 e. The van der Waals surface area contributed by atoms with Gasteiger partial charge in [0.05, 0.1) is 15.9 Å². The Labute approximate surface area is 253 Å². The van der Waals surface area contributed by atoms with Crippen LogP contribution in [0.25, 0.3) is 6.08 Å². The molecule has 9 nitrogen and oxygen atoms in total. The molecule has 0 aromatic heterocycles. The molecule has 0 aliphatic rings. The zero-order valence-electron chi connectivity index (χ0n) is 23.8. The van der Waals surface area contributed by atoms with Gasteiger partial charge in [0.25, 0.3) is 17.5 Å². The molecule has 4 rings (SSSR count). The average molecular weight is 595 g/mol. The smallest absolute Gasteiger partial charge is 0.272 e. The summed E-state index contributed by atoms with van der Waals surface area (Å²) in [5.74, 6) is -1.20. The minimum atomic E-state index is -0.508. The summed E-state index contributed by atoms with van der Waals surface area (Å²) in [5.41, 5.74) is 3.78. The van der Waals surface area contributed by atoms with E-state index in [1.807, 2.05) is 31.2 Å². The van der Waals surface area contributed by atoms with Crippen molar-refractivity contribution in [2.24, 2.45) is 0 Å². The largest absolute Gasteiger partial charge is 0.325 e. The molecular weight excluding hydrogens is 564 g/mol. The van der Waals surface area contributed by atoms with E-state index >= 15 is 0 Å². The molecule has 3 N–H and O–H groups in total. The van der Waals surface area contributed by atoms with Crippen molar-refractivity contribution in [3.05, 3.63) is 135 Å². The fourth-order valence-electron chi connectivity index (χ4n) is 4.03. The van der Waals surface area contributed by atoms with E-state index in [-0.39, 0.29) is 17.3 Å². The molecule has 0 fully saturated rings. The molecular formula is C33H30N4O5S. The third-order valence-corrected chi connectivity index (χ3v) is 7.48. The summed E-state index contributed by atoms with van der Waals surface area (Å²) in [6.07, 6.45) is 1.62. The number of carbonyl (C=O) groups excluding carboxylic acids is 3. The van der Waals surface area contributed by atoms with Gasteiger partial charge in [0.1, 0.15) is 5.70 Å². The molecule has 0 radical (unpaired) electrons. The Kier molecular flexibility index (Phi) is 10.1. The van der Waals surface area contributed by atoms with Crippen LogP contribution >= 0.6 is 11.8 Å². The number of non-ortho nitro benzene ring substituents is 1. The van der Waals surface area contributed by atoms with Crippen molar-refractivity contribution in [2.75, 3.05) is 10.6 Å². The molecule has 1 unspecified atom stereocenters. The van der Waals surface area contributed by atoms with Gasteiger partial charge in [-0.25, -0.2) is 0 Å². The predicted molar refractivity (Wildman–Crippen MR) is 170 cm³/mol. The lowest BCUT2D eigenvalue weighted by atomic mass is 10.1. The number of nitro benzene ring substituents is 1. The molecule has 43 heavy (non-hydrogen) atoms. The number of anilines is 2. The third kappa shape index (κ3) is 8.64. The van der Waals surface area contributed by atoms with Gasteiger partial charge in [-0.05, 0) is 74.4 Å². The van der Waals surface area contributed by atoms with E-state index < -0.39 is 22.0 Å². The average Bonchev–Trinajstić information content (AvgIpc) is 2.99. The molecule has 1 atom stereocenters. The summed E-state index contributed by atoms with van der Waals surface area (Å²) in [6, 6.07) is 27.5. The molecule has 0 heterocycles. The minimum absolute atomic E-state index is 0.0830. The molecule has 3 amide bonds. The fraction of sp³-hybridized carbons (Fsp3) is 0.121.